The smallest absolute Gasteiger partial charge is 0.123 e. The minimum absolute atomic E-state index is 0.741. The molecule has 0 saturated heterocycles. The molecule has 0 spiro atoms. The van der Waals surface area contributed by atoms with Crippen LogP contribution in [0.25, 0.3) is 0 Å². The van der Waals surface area contributed by atoms with Gasteiger partial charge in [-0.25, -0.2) is 0 Å². The highest BCUT2D eigenvalue weighted by molar-refractivity contribution is 5.33. The quantitative estimate of drug-likeness (QED) is 0.859. The molecule has 2 saturated carbocycles. The second-order valence-corrected chi connectivity index (χ2v) is 5.70. The zero-order valence-corrected chi connectivity index (χ0v) is 11.2. The van der Waals surface area contributed by atoms with E-state index in [-0.39, 0.29) is 0 Å². The summed E-state index contributed by atoms with van der Waals surface area (Å²) in [6.07, 6.45) is 5.76. The molecular formula is C16H23NO. The summed E-state index contributed by atoms with van der Waals surface area (Å²) >= 11 is 0. The Kier molecular flexibility index (Phi) is 3.55. The maximum atomic E-state index is 5.67. The van der Waals surface area contributed by atoms with Gasteiger partial charge in [0.15, 0.2) is 0 Å². The Labute approximate surface area is 110 Å². The fourth-order valence-electron chi connectivity index (χ4n) is 3.68. The van der Waals surface area contributed by atoms with Gasteiger partial charge in [-0.2, -0.15) is 0 Å². The van der Waals surface area contributed by atoms with Crippen molar-refractivity contribution >= 4 is 0 Å². The largest absolute Gasteiger partial charge is 0.494 e. The van der Waals surface area contributed by atoms with Gasteiger partial charge in [0.25, 0.3) is 0 Å². The second-order valence-electron chi connectivity index (χ2n) is 5.70. The van der Waals surface area contributed by atoms with Crippen LogP contribution in [-0.2, 0) is 6.54 Å². The van der Waals surface area contributed by atoms with Gasteiger partial charge in [-0.1, -0.05) is 24.6 Å². The highest BCUT2D eigenvalue weighted by Crippen LogP contribution is 2.44. The lowest BCUT2D eigenvalue weighted by Gasteiger charge is -2.23. The summed E-state index contributed by atoms with van der Waals surface area (Å²) in [5.41, 5.74) is 1.29. The van der Waals surface area contributed by atoms with Crippen LogP contribution in [0.2, 0.25) is 0 Å². The third-order valence-electron chi connectivity index (χ3n) is 4.57. The van der Waals surface area contributed by atoms with Crippen molar-refractivity contribution in [2.24, 2.45) is 11.8 Å². The number of hydrogen-bond donors (Lipinski definition) is 1. The highest BCUT2D eigenvalue weighted by Gasteiger charge is 2.38. The molecule has 2 nitrogen and oxygen atoms in total. The minimum atomic E-state index is 0.741. The van der Waals surface area contributed by atoms with E-state index in [2.05, 4.69) is 23.5 Å². The third kappa shape index (κ3) is 2.39. The summed E-state index contributed by atoms with van der Waals surface area (Å²) in [7, 11) is 0. The summed E-state index contributed by atoms with van der Waals surface area (Å²) in [5.74, 6) is 2.99. The Morgan fingerprint density at radius 3 is 2.83 bits per heavy atom. The Balaban J connectivity index is 1.59. The van der Waals surface area contributed by atoms with Crippen molar-refractivity contribution in [3.8, 4) is 5.75 Å². The van der Waals surface area contributed by atoms with Crippen LogP contribution in [0.4, 0.5) is 0 Å². The van der Waals surface area contributed by atoms with Crippen molar-refractivity contribution in [2.45, 2.75) is 45.2 Å². The lowest BCUT2D eigenvalue weighted by atomic mass is 9.95. The number of benzene rings is 1. The fourth-order valence-corrected chi connectivity index (χ4v) is 3.68. The number of nitrogens with one attached hydrogen (secondary N) is 1. The molecule has 98 valence electrons. The van der Waals surface area contributed by atoms with Crippen LogP contribution < -0.4 is 10.1 Å². The van der Waals surface area contributed by atoms with Gasteiger partial charge in [0.2, 0.25) is 0 Å². The number of ether oxygens (including phenoxy) is 1. The van der Waals surface area contributed by atoms with Crippen molar-refractivity contribution in [3.05, 3.63) is 29.8 Å². The summed E-state index contributed by atoms with van der Waals surface area (Å²) in [5, 5.41) is 3.75. The molecular weight excluding hydrogens is 222 g/mol. The normalized spacial score (nSPS) is 29.7. The van der Waals surface area contributed by atoms with Crippen LogP contribution in [0.5, 0.6) is 5.75 Å². The molecule has 3 atom stereocenters. The first-order valence-electron chi connectivity index (χ1n) is 7.31. The molecule has 0 aromatic heterocycles. The molecule has 2 heteroatoms. The first-order chi connectivity index (χ1) is 8.86. The molecule has 1 aromatic carbocycles. The standard InChI is InChI=1S/C16H23NO/c1-2-18-16-6-4-3-5-14(16)11-17-15-10-12-7-8-13(15)9-12/h3-6,12-13,15,17H,2,7-11H2,1H3. The number of hydrogen-bond acceptors (Lipinski definition) is 2. The molecule has 1 N–H and O–H groups in total. The highest BCUT2D eigenvalue weighted by atomic mass is 16.5. The van der Waals surface area contributed by atoms with Crippen LogP contribution in [0, 0.1) is 11.8 Å². The van der Waals surface area contributed by atoms with Crippen molar-refractivity contribution in [3.63, 3.8) is 0 Å². The Hall–Kier alpha value is -1.02. The van der Waals surface area contributed by atoms with E-state index >= 15 is 0 Å². The zero-order chi connectivity index (χ0) is 12.4. The lowest BCUT2D eigenvalue weighted by molar-refractivity contribution is 0.326. The van der Waals surface area contributed by atoms with Crippen LogP contribution in [0.3, 0.4) is 0 Å². The van der Waals surface area contributed by atoms with E-state index in [1.54, 1.807) is 0 Å². The fraction of sp³-hybridized carbons (Fsp3) is 0.625. The summed E-state index contributed by atoms with van der Waals surface area (Å²) < 4.78 is 5.67. The molecule has 2 aliphatic rings. The van der Waals surface area contributed by atoms with E-state index < -0.39 is 0 Å². The van der Waals surface area contributed by atoms with Gasteiger partial charge in [-0.3, -0.25) is 0 Å². The summed E-state index contributed by atoms with van der Waals surface area (Å²) in [4.78, 5) is 0. The maximum Gasteiger partial charge on any atom is 0.123 e. The van der Waals surface area contributed by atoms with E-state index in [9.17, 15) is 0 Å². The molecule has 0 heterocycles. The van der Waals surface area contributed by atoms with Gasteiger partial charge in [0.05, 0.1) is 6.61 Å². The van der Waals surface area contributed by atoms with Gasteiger partial charge >= 0.3 is 0 Å². The number of para-hydroxylation sites is 1. The minimum Gasteiger partial charge on any atom is -0.494 e. The van der Waals surface area contributed by atoms with E-state index in [1.807, 2.05) is 13.0 Å². The van der Waals surface area contributed by atoms with Gasteiger partial charge in [-0.15, -0.1) is 0 Å². The van der Waals surface area contributed by atoms with Crippen molar-refractivity contribution in [1.82, 2.24) is 5.32 Å². The van der Waals surface area contributed by atoms with Gasteiger partial charge in [0, 0.05) is 18.2 Å². The average molecular weight is 245 g/mol. The third-order valence-corrected chi connectivity index (χ3v) is 4.57. The molecule has 3 rings (SSSR count). The SMILES string of the molecule is CCOc1ccccc1CNC1CC2CCC1C2. The molecule has 3 unspecified atom stereocenters. The Bertz CT molecular complexity index is 404. The predicted molar refractivity (Wildman–Crippen MR) is 73.7 cm³/mol. The molecule has 0 aliphatic heterocycles. The molecule has 1 aromatic rings. The van der Waals surface area contributed by atoms with Crippen LogP contribution in [0.15, 0.2) is 24.3 Å². The summed E-state index contributed by atoms with van der Waals surface area (Å²) in [6.45, 7) is 3.73. The van der Waals surface area contributed by atoms with Crippen molar-refractivity contribution < 1.29 is 4.74 Å². The molecule has 2 bridgehead atoms. The van der Waals surface area contributed by atoms with Crippen LogP contribution in [0.1, 0.15) is 38.2 Å². The number of rotatable bonds is 5. The van der Waals surface area contributed by atoms with E-state index in [1.165, 1.54) is 31.2 Å². The first kappa shape index (κ1) is 12.0. The van der Waals surface area contributed by atoms with Gasteiger partial charge < -0.3 is 10.1 Å². The monoisotopic (exact) mass is 245 g/mol. The zero-order valence-electron chi connectivity index (χ0n) is 11.2. The van der Waals surface area contributed by atoms with Gasteiger partial charge in [-0.05, 0) is 44.1 Å². The van der Waals surface area contributed by atoms with E-state index in [0.29, 0.717) is 0 Å². The van der Waals surface area contributed by atoms with Gasteiger partial charge in [0.1, 0.15) is 5.75 Å². The predicted octanol–water partition coefficient (Wildman–Crippen LogP) is 3.36. The van der Waals surface area contributed by atoms with E-state index in [0.717, 1.165) is 36.8 Å². The molecule has 2 aliphatic carbocycles. The topological polar surface area (TPSA) is 21.3 Å². The van der Waals surface area contributed by atoms with E-state index in [4.69, 9.17) is 4.74 Å². The molecule has 0 radical (unpaired) electrons. The molecule has 0 amide bonds. The van der Waals surface area contributed by atoms with Crippen LogP contribution in [-0.4, -0.2) is 12.6 Å². The second kappa shape index (κ2) is 5.31. The Morgan fingerprint density at radius 1 is 1.22 bits per heavy atom. The van der Waals surface area contributed by atoms with Crippen LogP contribution >= 0.6 is 0 Å². The first-order valence-corrected chi connectivity index (χ1v) is 7.31. The molecule has 18 heavy (non-hydrogen) atoms. The average Bonchev–Trinajstić information content (AvgIpc) is 3.00. The lowest BCUT2D eigenvalue weighted by Crippen LogP contribution is -2.33. The summed E-state index contributed by atoms with van der Waals surface area (Å²) in [6, 6.07) is 9.14. The number of fused-ring (bicyclic) bond motifs is 2. The van der Waals surface area contributed by atoms with Crippen molar-refractivity contribution in [2.75, 3.05) is 6.61 Å². The Morgan fingerprint density at radius 2 is 2.11 bits per heavy atom. The molecule has 2 fully saturated rings. The maximum absolute atomic E-state index is 5.67. The van der Waals surface area contributed by atoms with Crippen molar-refractivity contribution in [1.29, 1.82) is 0 Å².